The molecular formula is C48H60O2. The highest BCUT2D eigenvalue weighted by Crippen LogP contribution is 2.59. The molecule has 0 N–H and O–H groups in total. The maximum atomic E-state index is 11.9. The highest BCUT2D eigenvalue weighted by Gasteiger charge is 2.48. The zero-order chi connectivity index (χ0) is 35.3. The van der Waals surface area contributed by atoms with E-state index in [2.05, 4.69) is 26.0 Å². The first-order chi connectivity index (χ1) is 24.4. The summed E-state index contributed by atoms with van der Waals surface area (Å²) < 4.78 is 5.65. The minimum atomic E-state index is 0.149. The van der Waals surface area contributed by atoms with Gasteiger partial charge in [0.05, 0.1) is 0 Å². The van der Waals surface area contributed by atoms with Crippen LogP contribution >= 0.6 is 0 Å². The summed E-state index contributed by atoms with van der Waals surface area (Å²) in [4.78, 5) is 11.9. The van der Waals surface area contributed by atoms with Gasteiger partial charge >= 0.3 is 0 Å². The lowest BCUT2D eigenvalue weighted by Crippen LogP contribution is -2.44. The number of furan rings is 1. The summed E-state index contributed by atoms with van der Waals surface area (Å²) in [6.45, 7) is 13.0. The Kier molecular flexibility index (Phi) is 11.7. The molecule has 0 radical (unpaired) electrons. The van der Waals surface area contributed by atoms with E-state index in [1.807, 2.05) is 113 Å². The Morgan fingerprint density at radius 3 is 1.30 bits per heavy atom. The van der Waals surface area contributed by atoms with E-state index in [9.17, 15) is 4.79 Å². The molecule has 50 heavy (non-hydrogen) atoms. The van der Waals surface area contributed by atoms with Gasteiger partial charge in [0.1, 0.15) is 11.2 Å². The predicted octanol–water partition coefficient (Wildman–Crippen LogP) is 14.2. The second-order valence-corrected chi connectivity index (χ2v) is 15.9. The highest BCUT2D eigenvalue weighted by molar-refractivity contribution is 6.21. The SMILES string of the molecule is CC.CC.CC12CC3CC(CC(C3)C1)C2.CC1CC2CCC1C2.O=C1c2ccccc2-c2ccccc21.c1ccc2c(c1)oc1ccccc12. The van der Waals surface area contributed by atoms with Crippen LogP contribution in [0.15, 0.2) is 101 Å². The lowest BCUT2D eigenvalue weighted by molar-refractivity contribution is -0.0411. The molecule has 7 aliphatic rings. The fourth-order valence-electron chi connectivity index (χ4n) is 10.8. The number of para-hydroxylation sites is 2. The Bertz CT molecular complexity index is 1720. The fourth-order valence-corrected chi connectivity index (χ4v) is 10.8. The van der Waals surface area contributed by atoms with E-state index < -0.39 is 0 Å². The van der Waals surface area contributed by atoms with Crippen molar-refractivity contribution in [1.29, 1.82) is 0 Å². The normalized spacial score (nSPS) is 28.3. The Labute approximate surface area is 302 Å². The molecule has 4 aromatic carbocycles. The van der Waals surface area contributed by atoms with E-state index in [-0.39, 0.29) is 5.78 Å². The molecule has 3 unspecified atom stereocenters. The van der Waals surface area contributed by atoms with Crippen LogP contribution in [-0.2, 0) is 0 Å². The smallest absolute Gasteiger partial charge is 0.194 e. The molecule has 2 heteroatoms. The van der Waals surface area contributed by atoms with E-state index in [0.717, 1.165) is 74.3 Å². The lowest BCUT2D eigenvalue weighted by atomic mass is 9.50. The van der Waals surface area contributed by atoms with Crippen LogP contribution in [0.1, 0.15) is 122 Å². The standard InChI is InChI=1S/C13H8O.C12H8O.C11H18.C8H14.2C2H6/c14-13-11-7-3-1-5-9(11)10-6-2-4-8-12(10)13;1-3-7-11-9(5-1)10-6-2-4-8-12(10)13-11;1-11-5-8-2-9(6-11)4-10(3-8)7-11;1-6-4-7-2-3-8(6)5-7;2*1-2/h1-8H;1-8H;8-10H,2-7H2,1H3;6-8H,2-5H2,1H3;2*1-2H3. The number of carbonyl (C=O) groups is 1. The molecule has 7 aliphatic carbocycles. The predicted molar refractivity (Wildman–Crippen MR) is 213 cm³/mol. The number of carbonyl (C=O) groups excluding carboxylic acids is 1. The van der Waals surface area contributed by atoms with Gasteiger partial charge in [0.25, 0.3) is 0 Å². The van der Waals surface area contributed by atoms with Crippen molar-refractivity contribution in [2.45, 2.75) is 106 Å². The maximum Gasteiger partial charge on any atom is 0.194 e. The van der Waals surface area contributed by atoms with Gasteiger partial charge in [-0.3, -0.25) is 4.79 Å². The van der Waals surface area contributed by atoms with Crippen molar-refractivity contribution >= 4 is 27.7 Å². The van der Waals surface area contributed by atoms with Gasteiger partial charge in [-0.2, -0.15) is 0 Å². The number of rotatable bonds is 0. The van der Waals surface area contributed by atoms with Crippen LogP contribution < -0.4 is 0 Å². The highest BCUT2D eigenvalue weighted by atomic mass is 16.3. The largest absolute Gasteiger partial charge is 0.456 e. The Morgan fingerprint density at radius 1 is 0.520 bits per heavy atom. The van der Waals surface area contributed by atoms with Crippen LogP contribution in [0.3, 0.4) is 0 Å². The molecule has 5 aromatic rings. The molecule has 12 rings (SSSR count). The summed E-state index contributed by atoms with van der Waals surface area (Å²) in [6, 6.07) is 31.7. The Hall–Kier alpha value is -3.65. The van der Waals surface area contributed by atoms with Crippen molar-refractivity contribution in [1.82, 2.24) is 0 Å². The van der Waals surface area contributed by atoms with Crippen LogP contribution in [0.4, 0.5) is 0 Å². The molecule has 6 bridgehead atoms. The minimum absolute atomic E-state index is 0.149. The average molecular weight is 669 g/mol. The van der Waals surface area contributed by atoms with Crippen molar-refractivity contribution in [3.05, 3.63) is 108 Å². The molecule has 6 fully saturated rings. The van der Waals surface area contributed by atoms with Crippen molar-refractivity contribution in [3.8, 4) is 11.1 Å². The number of benzene rings is 4. The van der Waals surface area contributed by atoms with E-state index in [0.29, 0.717) is 0 Å². The maximum absolute atomic E-state index is 11.9. The molecule has 0 saturated heterocycles. The second kappa shape index (κ2) is 16.1. The van der Waals surface area contributed by atoms with Crippen LogP contribution in [0, 0.1) is 40.9 Å². The Morgan fingerprint density at radius 2 is 0.940 bits per heavy atom. The molecule has 1 aromatic heterocycles. The number of fused-ring (bicyclic) bond motifs is 8. The van der Waals surface area contributed by atoms with Gasteiger partial charge in [-0.15, -0.1) is 0 Å². The molecule has 0 amide bonds. The van der Waals surface area contributed by atoms with Crippen molar-refractivity contribution in [3.63, 3.8) is 0 Å². The van der Waals surface area contributed by atoms with Gasteiger partial charge in [0, 0.05) is 21.9 Å². The zero-order valence-electron chi connectivity index (χ0n) is 31.6. The Balaban J connectivity index is 0.000000113. The number of ketones is 1. The van der Waals surface area contributed by atoms with Crippen molar-refractivity contribution in [2.75, 3.05) is 0 Å². The summed E-state index contributed by atoms with van der Waals surface area (Å²) in [6.07, 6.45) is 15.7. The van der Waals surface area contributed by atoms with Crippen LogP contribution in [0.2, 0.25) is 0 Å². The molecular weight excluding hydrogens is 609 g/mol. The first kappa shape index (κ1) is 36.2. The van der Waals surface area contributed by atoms with Gasteiger partial charge < -0.3 is 4.42 Å². The third kappa shape index (κ3) is 7.65. The van der Waals surface area contributed by atoms with Gasteiger partial charge in [0.15, 0.2) is 5.78 Å². The summed E-state index contributed by atoms with van der Waals surface area (Å²) >= 11 is 0. The minimum Gasteiger partial charge on any atom is -0.456 e. The van der Waals surface area contributed by atoms with E-state index >= 15 is 0 Å². The van der Waals surface area contributed by atoms with Crippen molar-refractivity contribution < 1.29 is 9.21 Å². The first-order valence-corrected chi connectivity index (χ1v) is 20.0. The van der Waals surface area contributed by atoms with Gasteiger partial charge in [-0.05, 0) is 122 Å². The average Bonchev–Trinajstić information content (AvgIpc) is 3.92. The zero-order valence-corrected chi connectivity index (χ0v) is 31.6. The van der Waals surface area contributed by atoms with Crippen LogP contribution in [0.25, 0.3) is 33.1 Å². The molecule has 264 valence electrons. The topological polar surface area (TPSA) is 30.2 Å². The van der Waals surface area contributed by atoms with Gasteiger partial charge in [-0.1, -0.05) is 133 Å². The monoisotopic (exact) mass is 668 g/mol. The third-order valence-corrected chi connectivity index (χ3v) is 12.4. The van der Waals surface area contributed by atoms with E-state index in [4.69, 9.17) is 4.42 Å². The van der Waals surface area contributed by atoms with Gasteiger partial charge in [-0.25, -0.2) is 0 Å². The van der Waals surface area contributed by atoms with Gasteiger partial charge in [0.2, 0.25) is 0 Å². The first-order valence-electron chi connectivity index (χ1n) is 20.0. The quantitative estimate of drug-likeness (QED) is 0.161. The lowest BCUT2D eigenvalue weighted by Gasteiger charge is -2.55. The third-order valence-electron chi connectivity index (χ3n) is 12.4. The van der Waals surface area contributed by atoms with E-state index in [1.165, 1.54) is 10.8 Å². The van der Waals surface area contributed by atoms with Crippen LogP contribution in [0.5, 0.6) is 0 Å². The van der Waals surface area contributed by atoms with Crippen LogP contribution in [-0.4, -0.2) is 5.78 Å². The molecule has 1 heterocycles. The van der Waals surface area contributed by atoms with Crippen molar-refractivity contribution in [2.24, 2.45) is 40.9 Å². The summed E-state index contributed by atoms with van der Waals surface area (Å²) in [5.41, 5.74) is 6.50. The number of hydrogen-bond acceptors (Lipinski definition) is 2. The molecule has 3 atom stereocenters. The molecule has 2 nitrogen and oxygen atoms in total. The summed E-state index contributed by atoms with van der Waals surface area (Å²) in [5, 5.41) is 2.39. The fraction of sp³-hybridized carbons (Fsp3) is 0.479. The molecule has 0 spiro atoms. The number of hydrogen-bond donors (Lipinski definition) is 0. The second-order valence-electron chi connectivity index (χ2n) is 15.9. The molecule has 6 saturated carbocycles. The van der Waals surface area contributed by atoms with E-state index in [1.54, 1.807) is 64.2 Å². The molecule has 0 aliphatic heterocycles. The summed E-state index contributed by atoms with van der Waals surface area (Å²) in [5.74, 6) is 6.95. The summed E-state index contributed by atoms with van der Waals surface area (Å²) in [7, 11) is 0.